The Morgan fingerprint density at radius 2 is 2.12 bits per heavy atom. The van der Waals surface area contributed by atoms with Gasteiger partial charge in [-0.05, 0) is 29.9 Å². The van der Waals surface area contributed by atoms with Crippen LogP contribution in [0.15, 0.2) is 30.5 Å². The van der Waals surface area contributed by atoms with Crippen molar-refractivity contribution in [1.82, 2.24) is 15.4 Å². The van der Waals surface area contributed by atoms with Gasteiger partial charge >= 0.3 is 0 Å². The van der Waals surface area contributed by atoms with Crippen molar-refractivity contribution in [2.45, 2.75) is 31.2 Å². The summed E-state index contributed by atoms with van der Waals surface area (Å²) >= 11 is 0. The Hall–Kier alpha value is -1.68. The molecule has 0 bridgehead atoms. The first kappa shape index (κ1) is 10.5. The summed E-state index contributed by atoms with van der Waals surface area (Å²) in [6.45, 7) is 0. The molecule has 1 atom stereocenters. The molecule has 3 rings (SSSR count). The molecule has 0 spiro atoms. The second-order valence-corrected chi connectivity index (χ2v) is 4.63. The van der Waals surface area contributed by atoms with E-state index < -0.39 is 0 Å². The van der Waals surface area contributed by atoms with Gasteiger partial charge in [0.15, 0.2) is 0 Å². The number of rotatable bonds is 3. The molecular weight excluding hydrogens is 212 g/mol. The van der Waals surface area contributed by atoms with Gasteiger partial charge in [-0.2, -0.15) is 15.4 Å². The van der Waals surface area contributed by atoms with E-state index in [-0.39, 0.29) is 6.04 Å². The Bertz CT molecular complexity index is 488. The van der Waals surface area contributed by atoms with Crippen molar-refractivity contribution in [2.75, 3.05) is 0 Å². The summed E-state index contributed by atoms with van der Waals surface area (Å²) in [6.07, 6.45) is 5.59. The molecule has 3 N–H and O–H groups in total. The molecule has 1 aliphatic carbocycles. The first-order chi connectivity index (χ1) is 8.36. The second kappa shape index (κ2) is 4.30. The fourth-order valence-electron chi connectivity index (χ4n) is 2.40. The summed E-state index contributed by atoms with van der Waals surface area (Å²) < 4.78 is 0. The van der Waals surface area contributed by atoms with Gasteiger partial charge in [0, 0.05) is 0 Å². The van der Waals surface area contributed by atoms with Crippen molar-refractivity contribution in [3.05, 3.63) is 47.3 Å². The summed E-state index contributed by atoms with van der Waals surface area (Å²) in [5.74, 6) is 0.684. The van der Waals surface area contributed by atoms with Crippen LogP contribution in [-0.2, 0) is 0 Å². The maximum absolute atomic E-state index is 6.26. The molecule has 0 amide bonds. The van der Waals surface area contributed by atoms with Crippen LogP contribution in [0.3, 0.4) is 0 Å². The molecule has 1 aliphatic rings. The molecule has 1 heterocycles. The second-order valence-electron chi connectivity index (χ2n) is 4.63. The van der Waals surface area contributed by atoms with E-state index in [1.54, 1.807) is 6.20 Å². The van der Waals surface area contributed by atoms with E-state index in [0.717, 1.165) is 5.69 Å². The number of aromatic amines is 1. The van der Waals surface area contributed by atoms with Crippen LogP contribution in [0.1, 0.15) is 48.0 Å². The molecule has 88 valence electrons. The van der Waals surface area contributed by atoms with Crippen LogP contribution in [0.2, 0.25) is 0 Å². The smallest absolute Gasteiger partial charge is 0.104 e. The van der Waals surface area contributed by atoms with Gasteiger partial charge in [0.25, 0.3) is 0 Å². The molecule has 1 aromatic carbocycles. The molecule has 4 nitrogen and oxygen atoms in total. The molecule has 1 unspecified atom stereocenters. The zero-order valence-electron chi connectivity index (χ0n) is 9.63. The molecular formula is C13H16N4. The predicted molar refractivity (Wildman–Crippen MR) is 65.4 cm³/mol. The monoisotopic (exact) mass is 228 g/mol. The highest BCUT2D eigenvalue weighted by molar-refractivity contribution is 5.37. The summed E-state index contributed by atoms with van der Waals surface area (Å²) in [6, 6.07) is 8.25. The van der Waals surface area contributed by atoms with E-state index >= 15 is 0 Å². The number of nitrogens with zero attached hydrogens (tertiary/aromatic N) is 2. The largest absolute Gasteiger partial charge is 0.319 e. The van der Waals surface area contributed by atoms with Crippen molar-refractivity contribution < 1.29 is 0 Å². The predicted octanol–water partition coefficient (Wildman–Crippen LogP) is 2.12. The van der Waals surface area contributed by atoms with Crippen molar-refractivity contribution in [1.29, 1.82) is 0 Å². The minimum absolute atomic E-state index is 0.175. The van der Waals surface area contributed by atoms with Gasteiger partial charge in [0.1, 0.15) is 5.69 Å². The number of H-pyrrole nitrogens is 1. The Morgan fingerprint density at radius 1 is 1.29 bits per heavy atom. The summed E-state index contributed by atoms with van der Waals surface area (Å²) in [5.41, 5.74) is 9.63. The average molecular weight is 228 g/mol. The van der Waals surface area contributed by atoms with Crippen molar-refractivity contribution in [3.8, 4) is 0 Å². The van der Waals surface area contributed by atoms with E-state index in [0.29, 0.717) is 5.92 Å². The maximum atomic E-state index is 6.26. The molecule has 4 heteroatoms. The van der Waals surface area contributed by atoms with E-state index in [2.05, 4.69) is 33.6 Å². The Balaban J connectivity index is 1.96. The van der Waals surface area contributed by atoms with E-state index in [4.69, 9.17) is 5.73 Å². The summed E-state index contributed by atoms with van der Waals surface area (Å²) in [4.78, 5) is 0. The highest BCUT2D eigenvalue weighted by atomic mass is 15.3. The lowest BCUT2D eigenvalue weighted by Crippen LogP contribution is -2.18. The third-order valence-corrected chi connectivity index (χ3v) is 3.63. The lowest BCUT2D eigenvalue weighted by molar-refractivity contribution is 0.416. The SMILES string of the molecule is NC(c1cn[nH]n1)c1ccccc1C1CCC1. The standard InChI is InChI=1S/C13H16N4/c14-13(12-8-15-17-16-12)11-7-2-1-6-10(11)9-4-3-5-9/h1-2,6-9,13H,3-5,14H2,(H,15,16,17). The highest BCUT2D eigenvalue weighted by Crippen LogP contribution is 2.39. The topological polar surface area (TPSA) is 67.6 Å². The lowest BCUT2D eigenvalue weighted by Gasteiger charge is -2.29. The summed E-state index contributed by atoms with van der Waals surface area (Å²) in [7, 11) is 0. The van der Waals surface area contributed by atoms with Crippen LogP contribution in [-0.4, -0.2) is 15.4 Å². The van der Waals surface area contributed by atoms with Crippen LogP contribution in [0.5, 0.6) is 0 Å². The van der Waals surface area contributed by atoms with Gasteiger partial charge in [-0.1, -0.05) is 30.7 Å². The minimum atomic E-state index is -0.175. The van der Waals surface area contributed by atoms with Gasteiger partial charge < -0.3 is 5.73 Å². The lowest BCUT2D eigenvalue weighted by atomic mass is 9.77. The number of hydrogen-bond acceptors (Lipinski definition) is 3. The number of benzene rings is 1. The zero-order chi connectivity index (χ0) is 11.7. The van der Waals surface area contributed by atoms with Gasteiger partial charge in [0.05, 0.1) is 12.2 Å². The fraction of sp³-hybridized carbons (Fsp3) is 0.385. The van der Waals surface area contributed by atoms with Gasteiger partial charge in [-0.3, -0.25) is 0 Å². The van der Waals surface area contributed by atoms with E-state index in [1.807, 2.05) is 6.07 Å². The third kappa shape index (κ3) is 1.85. The van der Waals surface area contributed by atoms with Gasteiger partial charge in [0.2, 0.25) is 0 Å². The molecule has 0 saturated heterocycles. The minimum Gasteiger partial charge on any atom is -0.319 e. The molecule has 0 aliphatic heterocycles. The first-order valence-electron chi connectivity index (χ1n) is 6.06. The normalized spacial score (nSPS) is 17.7. The Morgan fingerprint density at radius 3 is 2.76 bits per heavy atom. The van der Waals surface area contributed by atoms with E-state index in [1.165, 1.54) is 30.4 Å². The average Bonchev–Trinajstić information content (AvgIpc) is 2.80. The number of nitrogens with one attached hydrogen (secondary N) is 1. The van der Waals surface area contributed by atoms with Crippen LogP contribution in [0.4, 0.5) is 0 Å². The van der Waals surface area contributed by atoms with Crippen molar-refractivity contribution in [2.24, 2.45) is 5.73 Å². The van der Waals surface area contributed by atoms with Crippen LogP contribution in [0, 0.1) is 0 Å². The molecule has 1 aromatic heterocycles. The Kier molecular flexibility index (Phi) is 2.65. The summed E-state index contributed by atoms with van der Waals surface area (Å²) in [5, 5.41) is 10.5. The van der Waals surface area contributed by atoms with Crippen molar-refractivity contribution >= 4 is 0 Å². The quantitative estimate of drug-likeness (QED) is 0.845. The molecule has 1 saturated carbocycles. The molecule has 17 heavy (non-hydrogen) atoms. The van der Waals surface area contributed by atoms with Gasteiger partial charge in [-0.15, -0.1) is 0 Å². The number of nitrogens with two attached hydrogens (primary N) is 1. The first-order valence-corrected chi connectivity index (χ1v) is 6.06. The Labute approximate surface area is 100 Å². The highest BCUT2D eigenvalue weighted by Gasteiger charge is 2.24. The maximum Gasteiger partial charge on any atom is 0.104 e. The van der Waals surface area contributed by atoms with Crippen LogP contribution in [0.25, 0.3) is 0 Å². The molecule has 1 fully saturated rings. The van der Waals surface area contributed by atoms with Gasteiger partial charge in [-0.25, -0.2) is 0 Å². The number of hydrogen-bond donors (Lipinski definition) is 2. The molecule has 0 radical (unpaired) electrons. The number of aromatic nitrogens is 3. The fourth-order valence-corrected chi connectivity index (χ4v) is 2.40. The van der Waals surface area contributed by atoms with E-state index in [9.17, 15) is 0 Å². The van der Waals surface area contributed by atoms with Crippen LogP contribution >= 0.6 is 0 Å². The van der Waals surface area contributed by atoms with Crippen LogP contribution < -0.4 is 5.73 Å². The third-order valence-electron chi connectivity index (χ3n) is 3.63. The van der Waals surface area contributed by atoms with Crippen molar-refractivity contribution in [3.63, 3.8) is 0 Å². The molecule has 2 aromatic rings. The zero-order valence-corrected chi connectivity index (χ0v) is 9.63.